The number of likely N-dealkylation sites (N-methyl/N-ethyl adjacent to an activating group) is 1. The van der Waals surface area contributed by atoms with Crippen LogP contribution in [-0.4, -0.2) is 187 Å². The number of urea groups is 1. The van der Waals surface area contributed by atoms with E-state index in [1.165, 1.54) is 16.0 Å². The molecular formula is C61H82N10O9. The molecule has 5 atom stereocenters. The van der Waals surface area contributed by atoms with Crippen LogP contribution in [0.3, 0.4) is 0 Å². The number of piperazine rings is 1. The first-order valence-corrected chi connectivity index (χ1v) is 28.9. The van der Waals surface area contributed by atoms with Gasteiger partial charge in [-0.25, -0.2) is 10.2 Å². The third kappa shape index (κ3) is 11.6. The van der Waals surface area contributed by atoms with Gasteiger partial charge in [0.15, 0.2) is 0 Å². The molecule has 6 aliphatic heterocycles. The third-order valence-electron chi connectivity index (χ3n) is 17.6. The maximum absolute atomic E-state index is 15.0. The molecule has 2 aromatic carbocycles. The van der Waals surface area contributed by atoms with Crippen molar-refractivity contribution in [3.8, 4) is 22.4 Å². The lowest BCUT2D eigenvalue weighted by molar-refractivity contribution is -0.155. The highest BCUT2D eigenvalue weighted by atomic mass is 16.5. The van der Waals surface area contributed by atoms with Crippen molar-refractivity contribution in [2.24, 2.45) is 11.3 Å². The Hall–Kier alpha value is -6.38. The lowest BCUT2D eigenvalue weighted by Gasteiger charge is -2.44. The molecule has 5 fully saturated rings. The number of ether oxygens (including phenoxy) is 4. The Bertz CT molecular complexity index is 2990. The lowest BCUT2D eigenvalue weighted by atomic mass is 9.84. The number of hydrogen-bond donors (Lipinski definition) is 2. The summed E-state index contributed by atoms with van der Waals surface area (Å²) < 4.78 is 26.8. The predicted octanol–water partition coefficient (Wildman–Crippen LogP) is 6.18. The van der Waals surface area contributed by atoms with Gasteiger partial charge in [-0.05, 0) is 98.4 Å². The fourth-order valence-electron chi connectivity index (χ4n) is 13.0. The molecule has 2 aromatic heterocycles. The number of rotatable bonds is 10. The highest BCUT2D eigenvalue weighted by Crippen LogP contribution is 2.43. The Morgan fingerprint density at radius 2 is 1.79 bits per heavy atom. The number of likely N-dealkylation sites (tertiary alicyclic amines) is 1. The number of aryl methyl sites for hydroxylation is 1. The highest BCUT2D eigenvalue weighted by Gasteiger charge is 2.46. The maximum Gasteiger partial charge on any atom is 0.324 e. The van der Waals surface area contributed by atoms with Crippen LogP contribution in [0.4, 0.5) is 10.5 Å². The number of nitrogens with zero attached hydrogens (tertiary/aromatic N) is 8. The zero-order valence-corrected chi connectivity index (χ0v) is 48.1. The van der Waals surface area contributed by atoms with Crippen molar-refractivity contribution in [2.45, 2.75) is 122 Å². The van der Waals surface area contributed by atoms with E-state index >= 15 is 0 Å². The number of esters is 1. The number of pyridine rings is 1. The maximum atomic E-state index is 15.0. The van der Waals surface area contributed by atoms with Crippen molar-refractivity contribution in [2.75, 3.05) is 98.0 Å². The molecule has 6 aliphatic rings. The van der Waals surface area contributed by atoms with E-state index in [0.29, 0.717) is 77.5 Å². The van der Waals surface area contributed by atoms with Gasteiger partial charge in [-0.15, -0.1) is 0 Å². The molecule has 19 heteroatoms. The van der Waals surface area contributed by atoms with Gasteiger partial charge in [0.25, 0.3) is 5.91 Å². The summed E-state index contributed by atoms with van der Waals surface area (Å²) in [5, 5.41) is 5.65. The number of aromatic nitrogens is 2. The monoisotopic (exact) mass is 1100 g/mol. The molecule has 10 rings (SSSR count). The van der Waals surface area contributed by atoms with E-state index in [9.17, 15) is 24.0 Å². The molecule has 19 nitrogen and oxygen atoms in total. The number of anilines is 1. The SMILES string of the molecule is C=CC(=O)N1COC2(CCN(C(=O)N(C)[C@H](C(=O)N[C@H]3Cc4cccc(c4)-c4ccc5c(c4)c(c(-c4cc(N6CCN7CCOC[C@@H]7C6)cnc4[C@H](C)OC)n5CC)CC(C)(C)COC(=O)[C@@H]4CCCN(N4)C3=O)C(C)C)CC2)C1. The van der Waals surface area contributed by atoms with Gasteiger partial charge in [-0.3, -0.25) is 34.1 Å². The van der Waals surface area contributed by atoms with E-state index in [1.807, 2.05) is 39.1 Å². The van der Waals surface area contributed by atoms with E-state index in [2.05, 4.69) is 88.9 Å². The summed E-state index contributed by atoms with van der Waals surface area (Å²) in [5.41, 5.74) is 11.0. The minimum atomic E-state index is -1.07. The van der Waals surface area contributed by atoms with Crippen molar-refractivity contribution >= 4 is 46.3 Å². The Morgan fingerprint density at radius 1 is 1.00 bits per heavy atom. The number of carbonyl (C=O) groups is 5. The normalized spacial score (nSPS) is 23.3. The molecule has 0 aliphatic carbocycles. The van der Waals surface area contributed by atoms with Crippen LogP contribution in [-0.2, 0) is 57.5 Å². The summed E-state index contributed by atoms with van der Waals surface area (Å²) in [6, 6.07) is 14.2. The zero-order valence-electron chi connectivity index (χ0n) is 48.1. The molecule has 4 aromatic rings. The molecule has 5 saturated heterocycles. The Kier molecular flexibility index (Phi) is 16.8. The number of nitrogens with one attached hydrogen (secondary N) is 2. The second kappa shape index (κ2) is 23.6. The first-order chi connectivity index (χ1) is 38.4. The average molecular weight is 1100 g/mol. The van der Waals surface area contributed by atoms with Crippen LogP contribution in [0.5, 0.6) is 0 Å². The van der Waals surface area contributed by atoms with Gasteiger partial charge in [0, 0.05) is 94.8 Å². The number of carbonyl (C=O) groups excluding carboxylic acids is 5. The van der Waals surface area contributed by atoms with Crippen LogP contribution in [0.25, 0.3) is 33.3 Å². The van der Waals surface area contributed by atoms with Crippen LogP contribution in [0.2, 0.25) is 0 Å². The largest absolute Gasteiger partial charge is 0.464 e. The van der Waals surface area contributed by atoms with E-state index in [-0.39, 0.29) is 43.7 Å². The predicted molar refractivity (Wildman–Crippen MR) is 305 cm³/mol. The number of cyclic esters (lactones) is 1. The van der Waals surface area contributed by atoms with Crippen molar-refractivity contribution in [1.29, 1.82) is 0 Å². The standard InChI is InChI=1S/C61H82N10O9/c1-10-52(72)69-36-61(80-38-69)19-22-67(23-20-61)59(76)65(8)54(39(3)4)56(73)63-50-29-41-14-12-15-42(28-41)43-17-18-51-46(30-43)48(32-60(6,7)37-79-58(75)49-16-13-21-71(64-49)57(50)74)55(70(51)11-2)47-31-44(33-62-53(47)40(5)77-9)68-25-24-66-26-27-78-35-45(66)34-68/h10,12,14-15,17-18,28,30-31,33,39-40,45,49-50,54,64H,1,11,13,16,19-27,29,32,34-38H2,2-9H3,(H,63,73)/t40-,45-,49-,50-,54-/m0/s1. The van der Waals surface area contributed by atoms with Gasteiger partial charge < -0.3 is 48.4 Å². The fourth-order valence-corrected chi connectivity index (χ4v) is 13.0. The van der Waals surface area contributed by atoms with Gasteiger partial charge in [-0.2, -0.15) is 0 Å². The molecule has 0 radical (unpaired) electrons. The molecule has 0 saturated carbocycles. The Labute approximate surface area is 470 Å². The van der Waals surface area contributed by atoms with Gasteiger partial charge in [0.1, 0.15) is 24.9 Å². The number of piperidine rings is 1. The van der Waals surface area contributed by atoms with E-state index in [4.69, 9.17) is 23.9 Å². The minimum absolute atomic E-state index is 0.119. The molecule has 2 N–H and O–H groups in total. The second-order valence-electron chi connectivity index (χ2n) is 24.0. The fraction of sp³-hybridized carbons (Fsp3) is 0.574. The van der Waals surface area contributed by atoms with Crippen LogP contribution < -0.4 is 15.6 Å². The van der Waals surface area contributed by atoms with Crippen LogP contribution >= 0.6 is 0 Å². The lowest BCUT2D eigenvalue weighted by Crippen LogP contribution is -2.62. The molecule has 5 amide bonds. The molecule has 8 heterocycles. The summed E-state index contributed by atoms with van der Waals surface area (Å²) in [6.45, 7) is 23.5. The van der Waals surface area contributed by atoms with Gasteiger partial charge in [0.05, 0.1) is 67.4 Å². The molecule has 0 unspecified atom stereocenters. The smallest absolute Gasteiger partial charge is 0.324 e. The van der Waals surface area contributed by atoms with Gasteiger partial charge in [-0.1, -0.05) is 64.6 Å². The number of methoxy groups -OCH3 is 1. The van der Waals surface area contributed by atoms with Crippen LogP contribution in [0.15, 0.2) is 67.4 Å². The first-order valence-electron chi connectivity index (χ1n) is 28.9. The molecule has 1 spiro atoms. The Morgan fingerprint density at radius 3 is 2.54 bits per heavy atom. The molecule has 430 valence electrons. The summed E-state index contributed by atoms with van der Waals surface area (Å²) in [7, 11) is 3.35. The third-order valence-corrected chi connectivity index (χ3v) is 17.6. The zero-order chi connectivity index (χ0) is 56.6. The van der Waals surface area contributed by atoms with E-state index in [1.54, 1.807) is 24.0 Å². The number of hydrazine groups is 1. The second-order valence-corrected chi connectivity index (χ2v) is 24.0. The van der Waals surface area contributed by atoms with Crippen molar-refractivity contribution < 1.29 is 42.9 Å². The summed E-state index contributed by atoms with van der Waals surface area (Å²) in [6.07, 6.45) is 5.74. The van der Waals surface area contributed by atoms with Crippen molar-refractivity contribution in [1.82, 2.24) is 44.9 Å². The molecular weight excluding hydrogens is 1020 g/mol. The highest BCUT2D eigenvalue weighted by molar-refractivity contribution is 5.96. The van der Waals surface area contributed by atoms with E-state index < -0.39 is 46.9 Å². The number of fused-ring (bicyclic) bond motifs is 7. The quantitative estimate of drug-likeness (QED) is 0.136. The summed E-state index contributed by atoms with van der Waals surface area (Å²) in [5.74, 6) is -1.83. The Balaban J connectivity index is 0.988. The summed E-state index contributed by atoms with van der Waals surface area (Å²) >= 11 is 0. The number of hydrogen-bond acceptors (Lipinski definition) is 13. The van der Waals surface area contributed by atoms with Gasteiger partial charge in [0.2, 0.25) is 11.8 Å². The number of benzene rings is 2. The van der Waals surface area contributed by atoms with Crippen LogP contribution in [0.1, 0.15) is 90.2 Å². The first kappa shape index (κ1) is 56.9. The summed E-state index contributed by atoms with van der Waals surface area (Å²) in [4.78, 5) is 85.6. The average Bonchev–Trinajstić information content (AvgIpc) is 4.22. The molecule has 6 bridgehead atoms. The number of morpholine rings is 1. The minimum Gasteiger partial charge on any atom is -0.464 e. The van der Waals surface area contributed by atoms with Crippen molar-refractivity contribution in [3.63, 3.8) is 0 Å². The topological polar surface area (TPSA) is 184 Å². The van der Waals surface area contributed by atoms with E-state index in [0.717, 1.165) is 88.6 Å². The van der Waals surface area contributed by atoms with Crippen molar-refractivity contribution in [3.05, 3.63) is 84.2 Å². The molecule has 80 heavy (non-hydrogen) atoms. The van der Waals surface area contributed by atoms with Gasteiger partial charge >= 0.3 is 12.0 Å². The van der Waals surface area contributed by atoms with Crippen LogP contribution in [0, 0.1) is 11.3 Å². The number of amides is 5.